The molecule has 0 amide bonds. The largest absolute Gasteiger partial charge is 0.573 e. The van der Waals surface area contributed by atoms with Gasteiger partial charge in [0, 0.05) is 6.07 Å². The second-order valence-corrected chi connectivity index (χ2v) is 3.61. The number of nitrogens with one attached hydrogen (secondary N) is 1. The number of nitrogen functional groups attached to an aromatic ring is 2. The van der Waals surface area contributed by atoms with Gasteiger partial charge in [0.15, 0.2) is 11.6 Å². The number of alkyl halides is 3. The number of aromatic amines is 1. The van der Waals surface area contributed by atoms with Gasteiger partial charge in [0.1, 0.15) is 11.4 Å². The number of H-pyrrole nitrogens is 1. The molecule has 0 atom stereocenters. The number of benzene rings is 1. The first-order valence-corrected chi connectivity index (χ1v) is 5.21. The molecule has 2 aromatic rings. The normalized spacial score (nSPS) is 11.9. The molecule has 0 aliphatic heterocycles. The molecular formula is C10H9F3N6O. The number of azo groups is 1. The maximum absolute atomic E-state index is 12.3. The first-order chi connectivity index (χ1) is 9.37. The fourth-order valence-electron chi connectivity index (χ4n) is 1.32. The third-order valence-corrected chi connectivity index (χ3v) is 2.18. The number of ether oxygens (including phenoxy) is 1. The van der Waals surface area contributed by atoms with Crippen LogP contribution in [0.2, 0.25) is 0 Å². The minimum absolute atomic E-state index is 0.0512. The number of hydrogen-bond acceptors (Lipinski definition) is 6. The van der Waals surface area contributed by atoms with Crippen molar-refractivity contribution in [2.75, 3.05) is 11.5 Å². The number of halogens is 3. The van der Waals surface area contributed by atoms with Crippen LogP contribution in [0.15, 0.2) is 34.6 Å². The Kier molecular flexibility index (Phi) is 3.46. The molecule has 2 rings (SSSR count). The van der Waals surface area contributed by atoms with Gasteiger partial charge in [-0.2, -0.15) is 5.10 Å². The molecule has 106 valence electrons. The van der Waals surface area contributed by atoms with E-state index in [1.165, 1.54) is 24.4 Å². The maximum atomic E-state index is 12.3. The van der Waals surface area contributed by atoms with Crippen LogP contribution in [0.3, 0.4) is 0 Å². The van der Waals surface area contributed by atoms with Gasteiger partial charge in [0.05, 0.1) is 11.9 Å². The van der Waals surface area contributed by atoms with Crippen molar-refractivity contribution in [2.45, 2.75) is 6.36 Å². The molecule has 1 heterocycles. The molecule has 0 saturated heterocycles. The third kappa shape index (κ3) is 3.16. The second kappa shape index (κ2) is 5.07. The molecule has 1 aromatic carbocycles. The molecule has 5 N–H and O–H groups in total. The molecule has 20 heavy (non-hydrogen) atoms. The summed E-state index contributed by atoms with van der Waals surface area (Å²) in [5.74, 6) is -0.431. The second-order valence-electron chi connectivity index (χ2n) is 3.61. The Morgan fingerprint density at radius 2 is 1.90 bits per heavy atom. The summed E-state index contributed by atoms with van der Waals surface area (Å²) in [5.41, 5.74) is 10.3. The number of anilines is 2. The van der Waals surface area contributed by atoms with Gasteiger partial charge in [-0.25, -0.2) is 0 Å². The van der Waals surface area contributed by atoms with Gasteiger partial charge < -0.3 is 16.2 Å². The Labute approximate surface area is 110 Å². The molecule has 0 aliphatic carbocycles. The lowest BCUT2D eigenvalue weighted by atomic mass is 10.2. The van der Waals surface area contributed by atoms with Gasteiger partial charge in [-0.15, -0.1) is 23.4 Å². The summed E-state index contributed by atoms with van der Waals surface area (Å²) in [6, 6.07) is 4.00. The molecule has 0 fully saturated rings. The fraction of sp³-hybridized carbons (Fsp3) is 0.100. The zero-order chi connectivity index (χ0) is 14.8. The summed E-state index contributed by atoms with van der Waals surface area (Å²) in [4.78, 5) is 0. The molecule has 0 unspecified atom stereocenters. The maximum Gasteiger partial charge on any atom is 0.573 e. The van der Waals surface area contributed by atoms with Gasteiger partial charge in [-0.1, -0.05) is 0 Å². The van der Waals surface area contributed by atoms with Crippen LogP contribution in [-0.2, 0) is 0 Å². The highest BCUT2D eigenvalue weighted by atomic mass is 19.4. The molecular weight excluding hydrogens is 277 g/mol. The molecule has 0 bridgehead atoms. The van der Waals surface area contributed by atoms with Crippen LogP contribution in [-0.4, -0.2) is 16.6 Å². The van der Waals surface area contributed by atoms with Gasteiger partial charge in [-0.05, 0) is 12.1 Å². The van der Waals surface area contributed by atoms with Crippen LogP contribution in [0, 0.1) is 0 Å². The number of nitrogens with zero attached hydrogens (tertiary/aromatic N) is 3. The summed E-state index contributed by atoms with van der Waals surface area (Å²) in [6.45, 7) is 0. The average Bonchev–Trinajstić information content (AvgIpc) is 2.86. The molecule has 0 spiro atoms. The molecule has 1 aromatic heterocycles. The standard InChI is InChI=1S/C10H9F3N6O/c11-10(12,13)20-9-6(2-1-5(14)8(9)15)17-19-7-3-4-16-18-7/h1-4H,14-15H2,(H,16,18). The minimum atomic E-state index is -4.92. The van der Waals surface area contributed by atoms with Gasteiger partial charge in [-0.3, -0.25) is 5.10 Å². The number of hydrogen-bond donors (Lipinski definition) is 3. The Hall–Kier alpha value is -2.78. The van der Waals surface area contributed by atoms with Crippen molar-refractivity contribution in [2.24, 2.45) is 10.2 Å². The van der Waals surface area contributed by atoms with E-state index in [2.05, 4.69) is 25.2 Å². The SMILES string of the molecule is Nc1ccc(N=Nc2ccn[nH]2)c(OC(F)(F)F)c1N. The zero-order valence-electron chi connectivity index (χ0n) is 9.85. The van der Waals surface area contributed by atoms with E-state index in [1.54, 1.807) is 0 Å². The van der Waals surface area contributed by atoms with E-state index in [4.69, 9.17) is 11.5 Å². The van der Waals surface area contributed by atoms with E-state index in [0.717, 1.165) is 0 Å². The predicted octanol–water partition coefficient (Wildman–Crippen LogP) is 2.89. The van der Waals surface area contributed by atoms with Crippen molar-refractivity contribution < 1.29 is 17.9 Å². The topological polar surface area (TPSA) is 115 Å². The quantitative estimate of drug-likeness (QED) is 0.594. The van der Waals surface area contributed by atoms with E-state index in [1.807, 2.05) is 0 Å². The summed E-state index contributed by atoms with van der Waals surface area (Å²) in [6.07, 6.45) is -3.50. The van der Waals surface area contributed by atoms with Crippen LogP contribution in [0.5, 0.6) is 5.75 Å². The number of aromatic nitrogens is 2. The van der Waals surface area contributed by atoms with Crippen LogP contribution < -0.4 is 16.2 Å². The van der Waals surface area contributed by atoms with Crippen molar-refractivity contribution in [3.63, 3.8) is 0 Å². The zero-order valence-corrected chi connectivity index (χ0v) is 9.85. The van der Waals surface area contributed by atoms with Crippen molar-refractivity contribution >= 4 is 22.9 Å². The summed E-state index contributed by atoms with van der Waals surface area (Å²) >= 11 is 0. The molecule has 10 heteroatoms. The first kappa shape index (κ1) is 13.6. The summed E-state index contributed by atoms with van der Waals surface area (Å²) in [5, 5.41) is 13.4. The molecule has 0 saturated carbocycles. The van der Waals surface area contributed by atoms with Crippen molar-refractivity contribution in [1.82, 2.24) is 10.2 Å². The van der Waals surface area contributed by atoms with E-state index in [-0.39, 0.29) is 22.9 Å². The predicted molar refractivity (Wildman–Crippen MR) is 64.7 cm³/mol. The monoisotopic (exact) mass is 286 g/mol. The Bertz CT molecular complexity index is 623. The summed E-state index contributed by atoms with van der Waals surface area (Å²) < 4.78 is 40.8. The van der Waals surface area contributed by atoms with Crippen molar-refractivity contribution in [1.29, 1.82) is 0 Å². The molecule has 7 nitrogen and oxygen atoms in total. The Morgan fingerprint density at radius 1 is 1.15 bits per heavy atom. The lowest BCUT2D eigenvalue weighted by molar-refractivity contribution is -0.274. The molecule has 0 aliphatic rings. The van der Waals surface area contributed by atoms with E-state index < -0.39 is 12.1 Å². The van der Waals surface area contributed by atoms with Crippen LogP contribution in [0.1, 0.15) is 0 Å². The lowest BCUT2D eigenvalue weighted by Gasteiger charge is -2.13. The number of nitrogens with two attached hydrogens (primary N) is 2. The smallest absolute Gasteiger partial charge is 0.401 e. The highest BCUT2D eigenvalue weighted by Gasteiger charge is 2.33. The van der Waals surface area contributed by atoms with E-state index in [0.29, 0.717) is 0 Å². The van der Waals surface area contributed by atoms with E-state index >= 15 is 0 Å². The highest BCUT2D eigenvalue weighted by Crippen LogP contribution is 2.41. The van der Waals surface area contributed by atoms with Crippen LogP contribution in [0.25, 0.3) is 0 Å². The fourth-order valence-corrected chi connectivity index (χ4v) is 1.32. The van der Waals surface area contributed by atoms with Crippen molar-refractivity contribution in [3.05, 3.63) is 24.4 Å². The van der Waals surface area contributed by atoms with Gasteiger partial charge in [0.25, 0.3) is 0 Å². The van der Waals surface area contributed by atoms with Crippen LogP contribution >= 0.6 is 0 Å². The Morgan fingerprint density at radius 3 is 2.50 bits per heavy atom. The van der Waals surface area contributed by atoms with Gasteiger partial charge >= 0.3 is 6.36 Å². The van der Waals surface area contributed by atoms with Gasteiger partial charge in [0.2, 0.25) is 0 Å². The first-order valence-electron chi connectivity index (χ1n) is 5.21. The number of rotatable bonds is 3. The molecule has 0 radical (unpaired) electrons. The summed E-state index contributed by atoms with van der Waals surface area (Å²) in [7, 11) is 0. The Balaban J connectivity index is 2.39. The average molecular weight is 286 g/mol. The lowest BCUT2D eigenvalue weighted by Crippen LogP contribution is -2.18. The van der Waals surface area contributed by atoms with Crippen LogP contribution in [0.4, 0.5) is 36.1 Å². The van der Waals surface area contributed by atoms with E-state index in [9.17, 15) is 13.2 Å². The van der Waals surface area contributed by atoms with Crippen molar-refractivity contribution in [3.8, 4) is 5.75 Å². The highest BCUT2D eigenvalue weighted by molar-refractivity contribution is 5.78. The minimum Gasteiger partial charge on any atom is -0.401 e. The third-order valence-electron chi connectivity index (χ3n) is 2.18.